The molecule has 0 amide bonds. The average Bonchev–Trinajstić information content (AvgIpc) is 3.18. The van der Waals surface area contributed by atoms with Crippen molar-refractivity contribution in [1.82, 2.24) is 19.6 Å². The number of hydrogen-bond acceptors (Lipinski definition) is 6. The molecular weight excluding hydrogens is 412 g/mol. The molecule has 1 aromatic carbocycles. The largest absolute Gasteiger partial charge is 0.366 e. The van der Waals surface area contributed by atoms with Gasteiger partial charge in [0.2, 0.25) is 5.95 Å². The molecule has 3 aromatic heterocycles. The number of aromatic nitrogens is 4. The fourth-order valence-corrected chi connectivity index (χ4v) is 4.17. The number of nitrogens with one attached hydrogen (secondary N) is 1. The molecule has 1 fully saturated rings. The SMILES string of the molecule is C[C@H]1CC[C@@H](N)CN1c1ccncc1Nc1ncc2ccc(-c3c(F)cccc3F)nn12. The van der Waals surface area contributed by atoms with E-state index in [9.17, 15) is 8.78 Å². The molecule has 0 unspecified atom stereocenters. The van der Waals surface area contributed by atoms with Crippen molar-refractivity contribution in [3.8, 4) is 11.3 Å². The van der Waals surface area contributed by atoms with E-state index in [1.54, 1.807) is 30.7 Å². The lowest BCUT2D eigenvalue weighted by molar-refractivity contribution is 0.437. The van der Waals surface area contributed by atoms with E-state index < -0.39 is 11.6 Å². The highest BCUT2D eigenvalue weighted by Gasteiger charge is 2.25. The van der Waals surface area contributed by atoms with E-state index in [0.717, 1.165) is 30.8 Å². The van der Waals surface area contributed by atoms with Gasteiger partial charge in [-0.25, -0.2) is 13.8 Å². The quantitative estimate of drug-likeness (QED) is 0.502. The van der Waals surface area contributed by atoms with Crippen molar-refractivity contribution in [3.05, 3.63) is 66.6 Å². The van der Waals surface area contributed by atoms with Crippen molar-refractivity contribution >= 4 is 22.8 Å². The Kier molecular flexibility index (Phi) is 5.18. The molecule has 32 heavy (non-hydrogen) atoms. The van der Waals surface area contributed by atoms with Gasteiger partial charge in [0.25, 0.3) is 0 Å². The molecule has 0 bridgehead atoms. The third kappa shape index (κ3) is 3.64. The molecule has 4 heterocycles. The number of anilines is 3. The predicted molar refractivity (Wildman–Crippen MR) is 120 cm³/mol. The second kappa shape index (κ2) is 8.16. The summed E-state index contributed by atoms with van der Waals surface area (Å²) in [7, 11) is 0. The minimum atomic E-state index is -0.670. The van der Waals surface area contributed by atoms with Crippen LogP contribution in [0.25, 0.3) is 16.8 Å². The standard InChI is InChI=1S/C23H23F2N7/c1-14-5-6-15(26)13-31(14)21-9-10-27-12-20(21)29-23-28-11-16-7-8-19(30-32(16)23)22-17(24)3-2-4-18(22)25/h2-4,7-12,14-15H,5-6,13,26H2,1H3,(H,28,29)/t14-,15+/m0/s1. The van der Waals surface area contributed by atoms with Gasteiger partial charge in [-0.05, 0) is 50.1 Å². The van der Waals surface area contributed by atoms with Gasteiger partial charge in [0, 0.05) is 24.8 Å². The van der Waals surface area contributed by atoms with E-state index in [0.29, 0.717) is 17.5 Å². The summed E-state index contributed by atoms with van der Waals surface area (Å²) in [5.74, 6) is -0.922. The van der Waals surface area contributed by atoms with Crippen LogP contribution in [0.3, 0.4) is 0 Å². The van der Waals surface area contributed by atoms with Gasteiger partial charge in [0.15, 0.2) is 0 Å². The number of benzene rings is 1. The number of hydrogen-bond donors (Lipinski definition) is 2. The van der Waals surface area contributed by atoms with Gasteiger partial charge < -0.3 is 16.0 Å². The molecule has 4 aromatic rings. The maximum absolute atomic E-state index is 14.3. The maximum atomic E-state index is 14.3. The first kappa shape index (κ1) is 20.3. The van der Waals surface area contributed by atoms with Crippen molar-refractivity contribution in [2.75, 3.05) is 16.8 Å². The van der Waals surface area contributed by atoms with Crippen molar-refractivity contribution < 1.29 is 8.78 Å². The van der Waals surface area contributed by atoms with Gasteiger partial charge in [-0.15, -0.1) is 0 Å². The van der Waals surface area contributed by atoms with Crippen molar-refractivity contribution in [2.45, 2.75) is 31.8 Å². The highest BCUT2D eigenvalue weighted by Crippen LogP contribution is 2.32. The monoisotopic (exact) mass is 435 g/mol. The number of fused-ring (bicyclic) bond motifs is 1. The summed E-state index contributed by atoms with van der Waals surface area (Å²) >= 11 is 0. The van der Waals surface area contributed by atoms with Crippen LogP contribution in [0.4, 0.5) is 26.1 Å². The minimum absolute atomic E-state index is 0.111. The van der Waals surface area contributed by atoms with Crippen LogP contribution >= 0.6 is 0 Å². The molecule has 0 aliphatic carbocycles. The summed E-state index contributed by atoms with van der Waals surface area (Å²) in [4.78, 5) is 10.9. The van der Waals surface area contributed by atoms with E-state index in [4.69, 9.17) is 5.73 Å². The first-order chi connectivity index (χ1) is 15.5. The summed E-state index contributed by atoms with van der Waals surface area (Å²) in [6, 6.07) is 9.45. The fourth-order valence-electron chi connectivity index (χ4n) is 4.17. The van der Waals surface area contributed by atoms with Gasteiger partial charge in [-0.3, -0.25) is 4.98 Å². The number of rotatable bonds is 4. The van der Waals surface area contributed by atoms with E-state index in [1.807, 2.05) is 6.07 Å². The molecule has 2 atom stereocenters. The summed E-state index contributed by atoms with van der Waals surface area (Å²) in [6.45, 7) is 2.93. The van der Waals surface area contributed by atoms with E-state index in [-0.39, 0.29) is 17.3 Å². The Morgan fingerprint density at radius 2 is 1.88 bits per heavy atom. The van der Waals surface area contributed by atoms with Crippen LogP contribution in [0.15, 0.2) is 55.0 Å². The fraction of sp³-hybridized carbons (Fsp3) is 0.261. The molecule has 0 radical (unpaired) electrons. The van der Waals surface area contributed by atoms with Crippen LogP contribution in [0.1, 0.15) is 19.8 Å². The van der Waals surface area contributed by atoms with Gasteiger partial charge in [-0.1, -0.05) is 6.07 Å². The first-order valence-corrected chi connectivity index (χ1v) is 10.5. The van der Waals surface area contributed by atoms with E-state index >= 15 is 0 Å². The third-order valence-electron chi connectivity index (χ3n) is 5.88. The van der Waals surface area contributed by atoms with E-state index in [1.165, 1.54) is 22.7 Å². The average molecular weight is 435 g/mol. The van der Waals surface area contributed by atoms with Crippen LogP contribution < -0.4 is 16.0 Å². The van der Waals surface area contributed by atoms with Gasteiger partial charge in [0.05, 0.1) is 40.5 Å². The lowest BCUT2D eigenvalue weighted by atomic mass is 9.99. The molecule has 1 saturated heterocycles. The van der Waals surface area contributed by atoms with Crippen LogP contribution in [-0.4, -0.2) is 38.2 Å². The first-order valence-electron chi connectivity index (χ1n) is 10.5. The number of pyridine rings is 1. The zero-order valence-electron chi connectivity index (χ0n) is 17.5. The summed E-state index contributed by atoms with van der Waals surface area (Å²) in [5.41, 5.74) is 8.63. The summed E-state index contributed by atoms with van der Waals surface area (Å²) < 4.78 is 30.1. The van der Waals surface area contributed by atoms with Crippen molar-refractivity contribution in [1.29, 1.82) is 0 Å². The molecule has 7 nitrogen and oxygen atoms in total. The normalized spacial score (nSPS) is 18.8. The maximum Gasteiger partial charge on any atom is 0.229 e. The van der Waals surface area contributed by atoms with Crippen LogP contribution in [0.5, 0.6) is 0 Å². The number of nitrogens with zero attached hydrogens (tertiary/aromatic N) is 5. The van der Waals surface area contributed by atoms with Crippen molar-refractivity contribution in [2.24, 2.45) is 5.73 Å². The Balaban J connectivity index is 1.53. The number of piperidine rings is 1. The number of nitrogens with two attached hydrogens (primary N) is 1. The Morgan fingerprint density at radius 1 is 1.06 bits per heavy atom. The second-order valence-electron chi connectivity index (χ2n) is 8.09. The van der Waals surface area contributed by atoms with Crippen LogP contribution in [-0.2, 0) is 0 Å². The molecule has 9 heteroatoms. The predicted octanol–water partition coefficient (Wildman–Crippen LogP) is 4.13. The summed E-state index contributed by atoms with van der Waals surface area (Å²) in [6.07, 6.45) is 7.12. The molecule has 1 aliphatic heterocycles. The van der Waals surface area contributed by atoms with Crippen molar-refractivity contribution in [3.63, 3.8) is 0 Å². The Hall–Kier alpha value is -3.59. The van der Waals surface area contributed by atoms with Crippen LogP contribution in [0.2, 0.25) is 0 Å². The molecule has 3 N–H and O–H groups in total. The highest BCUT2D eigenvalue weighted by molar-refractivity contribution is 5.74. The molecule has 0 saturated carbocycles. The lowest BCUT2D eigenvalue weighted by Crippen LogP contribution is -2.47. The second-order valence-corrected chi connectivity index (χ2v) is 8.09. The minimum Gasteiger partial charge on any atom is -0.366 e. The highest BCUT2D eigenvalue weighted by atomic mass is 19.1. The number of halogens is 2. The number of imidazole rings is 1. The lowest BCUT2D eigenvalue weighted by Gasteiger charge is -2.39. The molecule has 164 valence electrons. The van der Waals surface area contributed by atoms with Gasteiger partial charge in [-0.2, -0.15) is 9.61 Å². The topological polar surface area (TPSA) is 84.4 Å². The summed E-state index contributed by atoms with van der Waals surface area (Å²) in [5, 5.41) is 7.74. The van der Waals surface area contributed by atoms with Gasteiger partial charge in [0.1, 0.15) is 11.6 Å². The third-order valence-corrected chi connectivity index (χ3v) is 5.88. The Morgan fingerprint density at radius 3 is 2.69 bits per heavy atom. The molecule has 1 aliphatic rings. The Bertz CT molecular complexity index is 1250. The zero-order chi connectivity index (χ0) is 22.2. The zero-order valence-corrected chi connectivity index (χ0v) is 17.5. The Labute approximate surface area is 183 Å². The van der Waals surface area contributed by atoms with Gasteiger partial charge >= 0.3 is 0 Å². The smallest absolute Gasteiger partial charge is 0.229 e. The van der Waals surface area contributed by atoms with E-state index in [2.05, 4.69) is 32.2 Å². The molecule has 0 spiro atoms. The van der Waals surface area contributed by atoms with Crippen LogP contribution in [0, 0.1) is 11.6 Å². The molecule has 5 rings (SSSR count). The molecular formula is C23H23F2N7.